The number of aromatic nitrogens is 2. The molecule has 2 aromatic carbocycles. The molecule has 0 bridgehead atoms. The molecule has 4 nitrogen and oxygen atoms in total. The number of hydrogen-bond acceptors (Lipinski definition) is 2. The number of hydrogen-bond donors (Lipinski definition) is 0. The van der Waals surface area contributed by atoms with Gasteiger partial charge in [0.1, 0.15) is 0 Å². The zero-order valence-electron chi connectivity index (χ0n) is 13.6. The van der Waals surface area contributed by atoms with Crippen LogP contribution in [0.2, 0.25) is 5.02 Å². The lowest BCUT2D eigenvalue weighted by Crippen LogP contribution is -2.42. The van der Waals surface area contributed by atoms with Gasteiger partial charge in [-0.1, -0.05) is 48.0 Å². The van der Waals surface area contributed by atoms with Gasteiger partial charge >= 0.3 is 5.69 Å². The maximum absolute atomic E-state index is 13.1. The molecule has 0 saturated heterocycles. The van der Waals surface area contributed by atoms with E-state index in [0.29, 0.717) is 35.3 Å². The molecule has 0 fully saturated rings. The lowest BCUT2D eigenvalue weighted by molar-refractivity contribution is 0.479. The van der Waals surface area contributed by atoms with Crippen molar-refractivity contribution in [1.29, 1.82) is 0 Å². The van der Waals surface area contributed by atoms with Crippen LogP contribution in [0.25, 0.3) is 10.9 Å². The maximum atomic E-state index is 13.1. The molecule has 1 aliphatic carbocycles. The van der Waals surface area contributed by atoms with Crippen molar-refractivity contribution >= 4 is 22.5 Å². The van der Waals surface area contributed by atoms with Gasteiger partial charge in [0.05, 0.1) is 17.4 Å². The number of para-hydroxylation sites is 1. The zero-order chi connectivity index (χ0) is 17.4. The minimum Gasteiger partial charge on any atom is -0.289 e. The average molecular weight is 353 g/mol. The van der Waals surface area contributed by atoms with Crippen molar-refractivity contribution in [3.05, 3.63) is 92.1 Å². The van der Waals surface area contributed by atoms with Gasteiger partial charge in [-0.05, 0) is 42.7 Å². The third-order valence-electron chi connectivity index (χ3n) is 4.68. The maximum Gasteiger partial charge on any atom is 0.332 e. The van der Waals surface area contributed by atoms with E-state index in [-0.39, 0.29) is 17.3 Å². The largest absolute Gasteiger partial charge is 0.332 e. The quantitative estimate of drug-likeness (QED) is 0.674. The molecule has 0 aliphatic heterocycles. The standard InChI is InChI=1S/C20H17ClN2O2/c21-15-11-9-14(10-12-15)13-22-18-8-4-3-7-17(18)19(24)23(20(22)25)16-5-1-2-6-16/h1-4,7-12,16H,5-6,13H2. The SMILES string of the molecule is O=c1c2ccccc2n(Cc2ccc(Cl)cc2)c(=O)n1C1CC=CC1. The van der Waals surface area contributed by atoms with E-state index in [1.54, 1.807) is 22.8 Å². The molecule has 1 aliphatic rings. The van der Waals surface area contributed by atoms with Crippen LogP contribution in [0, 0.1) is 0 Å². The third-order valence-corrected chi connectivity index (χ3v) is 4.94. The van der Waals surface area contributed by atoms with E-state index in [4.69, 9.17) is 11.6 Å². The summed E-state index contributed by atoms with van der Waals surface area (Å²) < 4.78 is 3.09. The highest BCUT2D eigenvalue weighted by Gasteiger charge is 2.20. The highest BCUT2D eigenvalue weighted by molar-refractivity contribution is 6.30. The van der Waals surface area contributed by atoms with Crippen molar-refractivity contribution < 1.29 is 0 Å². The van der Waals surface area contributed by atoms with Gasteiger partial charge in [-0.2, -0.15) is 0 Å². The molecular formula is C20H17ClN2O2. The number of benzene rings is 2. The Morgan fingerprint density at radius 3 is 2.36 bits per heavy atom. The van der Waals surface area contributed by atoms with Gasteiger partial charge in [-0.15, -0.1) is 0 Å². The Bertz CT molecular complexity index is 1070. The summed E-state index contributed by atoms with van der Waals surface area (Å²) in [6.45, 7) is 0.400. The molecule has 25 heavy (non-hydrogen) atoms. The van der Waals surface area contributed by atoms with Gasteiger partial charge in [-0.3, -0.25) is 13.9 Å². The molecule has 0 N–H and O–H groups in total. The van der Waals surface area contributed by atoms with E-state index in [9.17, 15) is 9.59 Å². The monoisotopic (exact) mass is 352 g/mol. The van der Waals surface area contributed by atoms with Gasteiger partial charge in [0, 0.05) is 11.1 Å². The first kappa shape index (κ1) is 15.9. The van der Waals surface area contributed by atoms with Crippen LogP contribution < -0.4 is 11.2 Å². The van der Waals surface area contributed by atoms with Gasteiger partial charge in [0.2, 0.25) is 0 Å². The Morgan fingerprint density at radius 1 is 0.960 bits per heavy atom. The van der Waals surface area contributed by atoms with Crippen LogP contribution in [0.4, 0.5) is 0 Å². The predicted octanol–water partition coefficient (Wildman–Crippen LogP) is 3.76. The Kier molecular flexibility index (Phi) is 4.06. The first-order valence-corrected chi connectivity index (χ1v) is 8.66. The number of allylic oxidation sites excluding steroid dienone is 2. The molecule has 126 valence electrons. The van der Waals surface area contributed by atoms with Crippen molar-refractivity contribution in [2.24, 2.45) is 0 Å². The minimum absolute atomic E-state index is 0.0962. The molecule has 4 rings (SSSR count). The van der Waals surface area contributed by atoms with E-state index < -0.39 is 0 Å². The van der Waals surface area contributed by atoms with Crippen LogP contribution in [-0.4, -0.2) is 9.13 Å². The van der Waals surface area contributed by atoms with Gasteiger partial charge < -0.3 is 0 Å². The molecule has 3 aromatic rings. The lowest BCUT2D eigenvalue weighted by Gasteiger charge is -2.18. The number of nitrogens with zero attached hydrogens (tertiary/aromatic N) is 2. The molecule has 1 aromatic heterocycles. The van der Waals surface area contributed by atoms with Crippen molar-refractivity contribution in [3.63, 3.8) is 0 Å². The zero-order valence-corrected chi connectivity index (χ0v) is 14.3. The molecule has 0 radical (unpaired) electrons. The van der Waals surface area contributed by atoms with Crippen molar-refractivity contribution in [2.75, 3.05) is 0 Å². The Balaban J connectivity index is 1.94. The summed E-state index contributed by atoms with van der Waals surface area (Å²) in [5, 5.41) is 1.23. The van der Waals surface area contributed by atoms with E-state index in [1.807, 2.05) is 42.5 Å². The van der Waals surface area contributed by atoms with Crippen LogP contribution in [0.5, 0.6) is 0 Å². The molecule has 5 heteroatoms. The summed E-state index contributed by atoms with van der Waals surface area (Å²) >= 11 is 5.95. The Labute approximate surface area is 149 Å². The fourth-order valence-corrected chi connectivity index (χ4v) is 3.53. The van der Waals surface area contributed by atoms with Crippen LogP contribution in [0.1, 0.15) is 24.4 Å². The van der Waals surface area contributed by atoms with Crippen molar-refractivity contribution in [1.82, 2.24) is 9.13 Å². The molecule has 0 atom stereocenters. The van der Waals surface area contributed by atoms with Crippen LogP contribution in [-0.2, 0) is 6.54 Å². The average Bonchev–Trinajstić information content (AvgIpc) is 3.15. The molecule has 0 spiro atoms. The summed E-state index contributed by atoms with van der Waals surface area (Å²) in [7, 11) is 0. The fraction of sp³-hybridized carbons (Fsp3) is 0.200. The number of halogens is 1. The van der Waals surface area contributed by atoms with Gasteiger partial charge in [-0.25, -0.2) is 4.79 Å². The molecule has 0 amide bonds. The smallest absolute Gasteiger partial charge is 0.289 e. The normalized spacial score (nSPS) is 14.4. The summed E-state index contributed by atoms with van der Waals surface area (Å²) in [6.07, 6.45) is 5.48. The topological polar surface area (TPSA) is 44.0 Å². The predicted molar refractivity (Wildman–Crippen MR) is 100 cm³/mol. The van der Waals surface area contributed by atoms with Crippen LogP contribution in [0.15, 0.2) is 70.3 Å². The molecule has 0 unspecified atom stereocenters. The molecule has 1 heterocycles. The summed E-state index contributed by atoms with van der Waals surface area (Å²) in [5.74, 6) is 0. The lowest BCUT2D eigenvalue weighted by atomic mass is 10.2. The Morgan fingerprint density at radius 2 is 1.64 bits per heavy atom. The summed E-state index contributed by atoms with van der Waals surface area (Å²) in [4.78, 5) is 26.0. The van der Waals surface area contributed by atoms with E-state index >= 15 is 0 Å². The third kappa shape index (κ3) is 2.83. The second kappa shape index (κ2) is 6.37. The highest BCUT2D eigenvalue weighted by Crippen LogP contribution is 2.21. The first-order valence-electron chi connectivity index (χ1n) is 8.28. The summed E-state index contributed by atoms with van der Waals surface area (Å²) in [6, 6.07) is 14.6. The number of rotatable bonds is 3. The van der Waals surface area contributed by atoms with Crippen molar-refractivity contribution in [3.8, 4) is 0 Å². The van der Waals surface area contributed by atoms with Gasteiger partial charge in [0.15, 0.2) is 0 Å². The van der Waals surface area contributed by atoms with E-state index in [2.05, 4.69) is 0 Å². The molecule has 0 saturated carbocycles. The molecular weight excluding hydrogens is 336 g/mol. The first-order chi connectivity index (χ1) is 12.1. The minimum atomic E-state index is -0.257. The highest BCUT2D eigenvalue weighted by atomic mass is 35.5. The van der Waals surface area contributed by atoms with Crippen molar-refractivity contribution in [2.45, 2.75) is 25.4 Å². The Hall–Kier alpha value is -2.59. The van der Waals surface area contributed by atoms with Gasteiger partial charge in [0.25, 0.3) is 5.56 Å². The second-order valence-electron chi connectivity index (χ2n) is 6.28. The second-order valence-corrected chi connectivity index (χ2v) is 6.72. The van der Waals surface area contributed by atoms with E-state index in [1.165, 1.54) is 4.57 Å². The summed E-state index contributed by atoms with van der Waals surface area (Å²) in [5.41, 5.74) is 1.16. The fourth-order valence-electron chi connectivity index (χ4n) is 3.40. The van der Waals surface area contributed by atoms with E-state index in [0.717, 1.165) is 5.56 Å². The number of fused-ring (bicyclic) bond motifs is 1. The van der Waals surface area contributed by atoms with Crippen LogP contribution >= 0.6 is 11.6 Å². The van der Waals surface area contributed by atoms with Crippen LogP contribution in [0.3, 0.4) is 0 Å².